The van der Waals surface area contributed by atoms with E-state index in [4.69, 9.17) is 18.9 Å². The monoisotopic (exact) mass is 504 g/mol. The van der Waals surface area contributed by atoms with Crippen LogP contribution in [0.2, 0.25) is 0 Å². The summed E-state index contributed by atoms with van der Waals surface area (Å²) < 4.78 is 20.6. The van der Waals surface area contributed by atoms with Crippen LogP contribution in [0.15, 0.2) is 0 Å². The third-order valence-electron chi connectivity index (χ3n) is 5.62. The summed E-state index contributed by atoms with van der Waals surface area (Å²) in [5.41, 5.74) is 0. The van der Waals surface area contributed by atoms with Crippen LogP contribution >= 0.6 is 0 Å². The van der Waals surface area contributed by atoms with E-state index in [-0.39, 0.29) is 6.29 Å². The van der Waals surface area contributed by atoms with Gasteiger partial charge in [0.15, 0.2) is 18.9 Å². The molecular weight excluding hydrogens is 472 g/mol. The third-order valence-corrected chi connectivity index (χ3v) is 5.62. The topological polar surface area (TPSA) is 277 Å². The molecule has 0 aromatic heterocycles. The Kier molecular flexibility index (Phi) is 11.1. The number of aldehydes is 1. The van der Waals surface area contributed by atoms with Gasteiger partial charge in [-0.3, -0.25) is 0 Å². The van der Waals surface area contributed by atoms with Crippen LogP contribution in [0.3, 0.4) is 0 Å². The first-order valence-corrected chi connectivity index (χ1v) is 10.4. The minimum atomic E-state index is -2.14. The van der Waals surface area contributed by atoms with Crippen molar-refractivity contribution in [2.75, 3.05) is 19.8 Å². The van der Waals surface area contributed by atoms with Crippen LogP contribution in [0.4, 0.5) is 0 Å². The standard InChI is InChI=1S/C18H32O16/c19-1-5(22)9(24)16(34-18-15(30)13(28)11(26)8(3-21)33-18)6(23)4-31-17-14(29)12(27)10(25)7(2-20)32-17/h1,5-18,20-30H,2-4H2/t5-,6+,7+,8+,9+,10-,11-,12-,13-,14+,15+,16+,17+,18-/m0/s1. The fourth-order valence-electron chi connectivity index (χ4n) is 3.50. The molecule has 2 rings (SSSR count). The maximum atomic E-state index is 10.9. The Morgan fingerprint density at radius 1 is 0.735 bits per heavy atom. The smallest absolute Gasteiger partial charge is 0.187 e. The van der Waals surface area contributed by atoms with Crippen molar-refractivity contribution in [3.63, 3.8) is 0 Å². The van der Waals surface area contributed by atoms with E-state index in [1.807, 2.05) is 0 Å². The summed E-state index contributed by atoms with van der Waals surface area (Å²) in [6.07, 6.45) is -25.3. The van der Waals surface area contributed by atoms with E-state index in [1.54, 1.807) is 0 Å². The summed E-state index contributed by atoms with van der Waals surface area (Å²) in [5, 5.41) is 108. The molecule has 0 amide bonds. The van der Waals surface area contributed by atoms with Crippen LogP contribution in [0, 0.1) is 0 Å². The second-order valence-electron chi connectivity index (χ2n) is 8.01. The van der Waals surface area contributed by atoms with Gasteiger partial charge in [-0.2, -0.15) is 0 Å². The zero-order valence-corrected chi connectivity index (χ0v) is 17.7. The molecule has 200 valence electrons. The molecule has 16 nitrogen and oxygen atoms in total. The summed E-state index contributed by atoms with van der Waals surface area (Å²) in [5.74, 6) is 0. The normalized spacial score (nSPS) is 42.6. The predicted octanol–water partition coefficient (Wildman–Crippen LogP) is -7.73. The average molecular weight is 504 g/mol. The lowest BCUT2D eigenvalue weighted by Gasteiger charge is -2.42. The molecule has 0 unspecified atom stereocenters. The molecule has 2 aliphatic rings. The number of hydrogen-bond acceptors (Lipinski definition) is 16. The molecule has 0 aliphatic carbocycles. The van der Waals surface area contributed by atoms with Crippen molar-refractivity contribution in [1.82, 2.24) is 0 Å². The second-order valence-corrected chi connectivity index (χ2v) is 8.01. The van der Waals surface area contributed by atoms with Crippen molar-refractivity contribution in [3.8, 4) is 0 Å². The van der Waals surface area contributed by atoms with Crippen molar-refractivity contribution in [1.29, 1.82) is 0 Å². The van der Waals surface area contributed by atoms with Crippen LogP contribution in [0.1, 0.15) is 0 Å². The molecule has 0 aromatic rings. The zero-order valence-electron chi connectivity index (χ0n) is 17.7. The molecule has 2 aliphatic heterocycles. The first-order valence-electron chi connectivity index (χ1n) is 10.4. The number of rotatable bonds is 11. The lowest BCUT2D eigenvalue weighted by molar-refractivity contribution is -0.333. The van der Waals surface area contributed by atoms with Crippen LogP contribution in [-0.2, 0) is 23.7 Å². The number of hydrogen-bond donors (Lipinski definition) is 11. The Bertz CT molecular complexity index is 621. The van der Waals surface area contributed by atoms with Gasteiger partial charge in [-0.1, -0.05) is 0 Å². The molecule has 14 atom stereocenters. The van der Waals surface area contributed by atoms with E-state index in [0.29, 0.717) is 0 Å². The van der Waals surface area contributed by atoms with Gasteiger partial charge in [0, 0.05) is 0 Å². The molecule has 16 heteroatoms. The van der Waals surface area contributed by atoms with Crippen molar-refractivity contribution in [2.45, 2.75) is 85.8 Å². The van der Waals surface area contributed by atoms with Crippen LogP contribution in [-0.4, -0.2) is 168 Å². The summed E-state index contributed by atoms with van der Waals surface area (Å²) in [7, 11) is 0. The van der Waals surface area contributed by atoms with E-state index >= 15 is 0 Å². The molecule has 2 saturated heterocycles. The third kappa shape index (κ3) is 6.44. The van der Waals surface area contributed by atoms with Gasteiger partial charge in [-0.15, -0.1) is 0 Å². The van der Waals surface area contributed by atoms with E-state index in [2.05, 4.69) is 0 Å². The van der Waals surface area contributed by atoms with Gasteiger partial charge in [0.05, 0.1) is 19.8 Å². The van der Waals surface area contributed by atoms with Gasteiger partial charge >= 0.3 is 0 Å². The number of carbonyl (C=O) groups is 1. The Morgan fingerprint density at radius 3 is 1.68 bits per heavy atom. The number of aliphatic hydroxyl groups is 11. The summed E-state index contributed by atoms with van der Waals surface area (Å²) >= 11 is 0. The highest BCUT2D eigenvalue weighted by atomic mass is 16.7. The lowest BCUT2D eigenvalue weighted by Crippen LogP contribution is -2.62. The Balaban J connectivity index is 2.13. The summed E-state index contributed by atoms with van der Waals surface area (Å²) in [4.78, 5) is 10.9. The molecule has 0 aromatic carbocycles. The van der Waals surface area contributed by atoms with Gasteiger partial charge in [-0.05, 0) is 0 Å². The van der Waals surface area contributed by atoms with E-state index in [9.17, 15) is 61.0 Å². The van der Waals surface area contributed by atoms with Crippen molar-refractivity contribution < 1.29 is 79.9 Å². The lowest BCUT2D eigenvalue weighted by atomic mass is 9.98. The maximum Gasteiger partial charge on any atom is 0.187 e. The molecule has 0 saturated carbocycles. The minimum Gasteiger partial charge on any atom is -0.394 e. The van der Waals surface area contributed by atoms with Gasteiger partial charge in [-0.25, -0.2) is 0 Å². The zero-order chi connectivity index (χ0) is 25.7. The first kappa shape index (κ1) is 29.3. The fraction of sp³-hybridized carbons (Fsp3) is 0.944. The SMILES string of the molecule is O=C[C@H](O)[C@@H](O)[C@H](O[C@@H]1O[C@H](CO)[C@H](O)[C@H](O)[C@H]1O)[C@H](O)CO[C@@H]1O[C@H](CO)[C@H](O)[C@H](O)[C@H]1O. The second kappa shape index (κ2) is 12.9. The fourth-order valence-corrected chi connectivity index (χ4v) is 3.50. The number of aliphatic hydroxyl groups excluding tert-OH is 11. The molecule has 2 heterocycles. The quantitative estimate of drug-likeness (QED) is 0.117. The molecule has 2 fully saturated rings. The Labute approximate surface area is 192 Å². The highest BCUT2D eigenvalue weighted by molar-refractivity contribution is 5.56. The van der Waals surface area contributed by atoms with Crippen molar-refractivity contribution in [3.05, 3.63) is 0 Å². The van der Waals surface area contributed by atoms with Gasteiger partial charge in [0.1, 0.15) is 73.2 Å². The molecule has 0 bridgehead atoms. The Hall–Kier alpha value is -0.930. The molecule has 0 radical (unpaired) electrons. The van der Waals surface area contributed by atoms with Gasteiger partial charge in [0.2, 0.25) is 0 Å². The van der Waals surface area contributed by atoms with Crippen molar-refractivity contribution in [2.24, 2.45) is 0 Å². The highest BCUT2D eigenvalue weighted by Crippen LogP contribution is 2.26. The minimum absolute atomic E-state index is 0.0838. The largest absolute Gasteiger partial charge is 0.394 e. The molecule has 34 heavy (non-hydrogen) atoms. The van der Waals surface area contributed by atoms with Crippen molar-refractivity contribution >= 4 is 6.29 Å². The van der Waals surface area contributed by atoms with Crippen LogP contribution in [0.5, 0.6) is 0 Å². The van der Waals surface area contributed by atoms with E-state index in [1.165, 1.54) is 0 Å². The van der Waals surface area contributed by atoms with E-state index in [0.717, 1.165) is 0 Å². The molecule has 0 spiro atoms. The number of carbonyl (C=O) groups excluding carboxylic acids is 1. The van der Waals surface area contributed by atoms with Gasteiger partial charge < -0.3 is 79.9 Å². The van der Waals surface area contributed by atoms with Crippen LogP contribution in [0.25, 0.3) is 0 Å². The number of ether oxygens (including phenoxy) is 4. The highest BCUT2D eigenvalue weighted by Gasteiger charge is 2.48. The maximum absolute atomic E-state index is 10.9. The summed E-state index contributed by atoms with van der Waals surface area (Å²) in [6.45, 7) is -2.41. The molecular formula is C18H32O16. The summed E-state index contributed by atoms with van der Waals surface area (Å²) in [6, 6.07) is 0. The van der Waals surface area contributed by atoms with Crippen LogP contribution < -0.4 is 0 Å². The van der Waals surface area contributed by atoms with Gasteiger partial charge in [0.25, 0.3) is 0 Å². The predicted molar refractivity (Wildman–Crippen MR) is 102 cm³/mol. The Morgan fingerprint density at radius 2 is 1.21 bits per heavy atom. The van der Waals surface area contributed by atoms with E-state index < -0.39 is 106 Å². The molecule has 11 N–H and O–H groups in total. The first-order chi connectivity index (χ1) is 16.0. The average Bonchev–Trinajstić information content (AvgIpc) is 2.84.